The molecule has 2 aromatic rings. The zero-order valence-electron chi connectivity index (χ0n) is 18.1. The lowest BCUT2D eigenvalue weighted by atomic mass is 10.1. The van der Waals surface area contributed by atoms with Crippen LogP contribution >= 0.6 is 0 Å². The summed E-state index contributed by atoms with van der Waals surface area (Å²) in [5.41, 5.74) is 3.78. The van der Waals surface area contributed by atoms with Crippen LogP contribution in [0.25, 0.3) is 0 Å². The van der Waals surface area contributed by atoms with Crippen molar-refractivity contribution in [3.8, 4) is 0 Å². The van der Waals surface area contributed by atoms with E-state index < -0.39 is 5.97 Å². The maximum atomic E-state index is 12.4. The molecule has 0 saturated carbocycles. The first-order chi connectivity index (χ1) is 14.9. The van der Waals surface area contributed by atoms with E-state index in [1.807, 2.05) is 0 Å². The first kappa shape index (κ1) is 22.5. The average Bonchev–Trinajstić information content (AvgIpc) is 2.76. The molecule has 0 aliphatic carbocycles. The summed E-state index contributed by atoms with van der Waals surface area (Å²) >= 11 is 0. The highest BCUT2D eigenvalue weighted by Gasteiger charge is 2.22. The summed E-state index contributed by atoms with van der Waals surface area (Å²) in [5, 5.41) is 2.70. The Labute approximate surface area is 183 Å². The highest BCUT2D eigenvalue weighted by molar-refractivity contribution is 5.91. The molecule has 7 heteroatoms. The number of benzene rings is 2. The van der Waals surface area contributed by atoms with Crippen LogP contribution in [0.15, 0.2) is 48.5 Å². The molecule has 0 unspecified atom stereocenters. The quantitative estimate of drug-likeness (QED) is 0.691. The normalized spacial score (nSPS) is 14.2. The number of hydrogen-bond donors (Lipinski definition) is 1. The smallest absolute Gasteiger partial charge is 0.338 e. The van der Waals surface area contributed by atoms with E-state index in [4.69, 9.17) is 4.74 Å². The Morgan fingerprint density at radius 2 is 1.68 bits per heavy atom. The number of amides is 2. The van der Waals surface area contributed by atoms with E-state index >= 15 is 0 Å². The highest BCUT2D eigenvalue weighted by atomic mass is 16.5. The van der Waals surface area contributed by atoms with Crippen molar-refractivity contribution >= 4 is 17.8 Å². The van der Waals surface area contributed by atoms with Crippen molar-refractivity contribution in [3.05, 3.63) is 70.8 Å². The fourth-order valence-electron chi connectivity index (χ4n) is 3.51. The summed E-state index contributed by atoms with van der Waals surface area (Å²) in [6, 6.07) is 15.2. The Kier molecular flexibility index (Phi) is 7.78. The summed E-state index contributed by atoms with van der Waals surface area (Å²) < 4.78 is 5.20. The molecule has 7 nitrogen and oxygen atoms in total. The van der Waals surface area contributed by atoms with Crippen LogP contribution in [0.5, 0.6) is 0 Å². The predicted octanol–water partition coefficient (Wildman–Crippen LogP) is 2.13. The van der Waals surface area contributed by atoms with Gasteiger partial charge in [0, 0.05) is 46.2 Å². The van der Waals surface area contributed by atoms with Crippen LogP contribution in [-0.2, 0) is 27.4 Å². The second kappa shape index (κ2) is 10.7. The van der Waals surface area contributed by atoms with Gasteiger partial charge < -0.3 is 15.0 Å². The highest BCUT2D eigenvalue weighted by Crippen LogP contribution is 2.11. The van der Waals surface area contributed by atoms with Gasteiger partial charge in [0.1, 0.15) is 0 Å². The molecule has 1 aliphatic rings. The number of hydrogen-bond acceptors (Lipinski definition) is 5. The van der Waals surface area contributed by atoms with Crippen LogP contribution in [0.3, 0.4) is 0 Å². The maximum absolute atomic E-state index is 12.4. The molecule has 1 heterocycles. The molecule has 1 aliphatic heterocycles. The largest absolute Gasteiger partial charge is 0.452 e. The van der Waals surface area contributed by atoms with E-state index in [2.05, 4.69) is 41.4 Å². The lowest BCUT2D eigenvalue weighted by Crippen LogP contribution is -2.49. The molecule has 0 atom stereocenters. The molecule has 1 saturated heterocycles. The van der Waals surface area contributed by atoms with Gasteiger partial charge in [0.25, 0.3) is 5.91 Å². The van der Waals surface area contributed by atoms with Crippen molar-refractivity contribution in [2.75, 3.05) is 32.8 Å². The molecular weight excluding hydrogens is 394 g/mol. The van der Waals surface area contributed by atoms with Crippen LogP contribution in [0.2, 0.25) is 0 Å². The zero-order chi connectivity index (χ0) is 22.2. The summed E-state index contributed by atoms with van der Waals surface area (Å²) in [5.74, 6) is -0.818. The van der Waals surface area contributed by atoms with Crippen LogP contribution in [0.1, 0.15) is 34.0 Å². The van der Waals surface area contributed by atoms with Gasteiger partial charge in [-0.05, 0) is 30.2 Å². The van der Waals surface area contributed by atoms with Crippen LogP contribution in [0.4, 0.5) is 0 Å². The van der Waals surface area contributed by atoms with Crippen LogP contribution in [0, 0.1) is 6.92 Å². The van der Waals surface area contributed by atoms with Gasteiger partial charge in [-0.1, -0.05) is 42.0 Å². The number of carbonyl (C=O) groups is 3. The Balaban J connectivity index is 1.40. The minimum atomic E-state index is -0.530. The summed E-state index contributed by atoms with van der Waals surface area (Å²) in [7, 11) is 0. The van der Waals surface area contributed by atoms with E-state index in [0.29, 0.717) is 25.2 Å². The molecule has 2 aromatic carbocycles. The van der Waals surface area contributed by atoms with E-state index in [0.717, 1.165) is 25.2 Å². The van der Waals surface area contributed by atoms with Gasteiger partial charge in [0.15, 0.2) is 6.61 Å². The van der Waals surface area contributed by atoms with Crippen LogP contribution in [-0.4, -0.2) is 60.4 Å². The molecule has 0 spiro atoms. The van der Waals surface area contributed by atoms with Gasteiger partial charge in [0.05, 0.1) is 5.56 Å². The zero-order valence-corrected chi connectivity index (χ0v) is 18.1. The van der Waals surface area contributed by atoms with Crippen LogP contribution < -0.4 is 5.32 Å². The third-order valence-electron chi connectivity index (χ3n) is 5.27. The van der Waals surface area contributed by atoms with E-state index in [-0.39, 0.29) is 18.4 Å². The number of aryl methyl sites for hydroxylation is 1. The summed E-state index contributed by atoms with van der Waals surface area (Å²) in [6.45, 7) is 7.39. The first-order valence-electron chi connectivity index (χ1n) is 10.5. The van der Waals surface area contributed by atoms with Crippen molar-refractivity contribution < 1.29 is 19.1 Å². The molecule has 1 fully saturated rings. The lowest BCUT2D eigenvalue weighted by Gasteiger charge is -2.34. The van der Waals surface area contributed by atoms with E-state index in [1.54, 1.807) is 29.2 Å². The fraction of sp³-hybridized carbons (Fsp3) is 0.375. The average molecular weight is 424 g/mol. The number of rotatable bonds is 7. The second-order valence-corrected chi connectivity index (χ2v) is 7.83. The Morgan fingerprint density at radius 3 is 2.32 bits per heavy atom. The number of nitrogens with zero attached hydrogens (tertiary/aromatic N) is 2. The molecule has 0 radical (unpaired) electrons. The molecule has 0 aromatic heterocycles. The number of esters is 1. The molecule has 1 N–H and O–H groups in total. The fourth-order valence-corrected chi connectivity index (χ4v) is 3.51. The maximum Gasteiger partial charge on any atom is 0.338 e. The second-order valence-electron chi connectivity index (χ2n) is 7.83. The van der Waals surface area contributed by atoms with Gasteiger partial charge in [-0.25, -0.2) is 4.79 Å². The monoisotopic (exact) mass is 423 g/mol. The Morgan fingerprint density at radius 1 is 0.968 bits per heavy atom. The van der Waals surface area contributed by atoms with E-state index in [9.17, 15) is 14.4 Å². The van der Waals surface area contributed by atoms with Crippen molar-refractivity contribution in [1.82, 2.24) is 15.1 Å². The van der Waals surface area contributed by atoms with E-state index in [1.165, 1.54) is 18.1 Å². The third kappa shape index (κ3) is 6.93. The number of ether oxygens (including phenoxy) is 1. The SMILES string of the molecule is CC(=O)NCc1ccc(C(=O)OCC(=O)N2CCN(Cc3cccc(C)c3)CC2)cc1. The topological polar surface area (TPSA) is 78.9 Å². The number of piperazine rings is 1. The minimum Gasteiger partial charge on any atom is -0.452 e. The Hall–Kier alpha value is -3.19. The lowest BCUT2D eigenvalue weighted by molar-refractivity contribution is -0.136. The molecule has 31 heavy (non-hydrogen) atoms. The number of nitrogens with one attached hydrogen (secondary N) is 1. The van der Waals surface area contributed by atoms with Gasteiger partial charge in [0.2, 0.25) is 5.91 Å². The van der Waals surface area contributed by atoms with Gasteiger partial charge in [-0.2, -0.15) is 0 Å². The van der Waals surface area contributed by atoms with Crippen molar-refractivity contribution in [2.45, 2.75) is 26.9 Å². The molecule has 3 rings (SSSR count). The minimum absolute atomic E-state index is 0.113. The summed E-state index contributed by atoms with van der Waals surface area (Å²) in [6.07, 6.45) is 0. The van der Waals surface area contributed by atoms with Crippen molar-refractivity contribution in [3.63, 3.8) is 0 Å². The summed E-state index contributed by atoms with van der Waals surface area (Å²) in [4.78, 5) is 39.7. The van der Waals surface area contributed by atoms with Gasteiger partial charge >= 0.3 is 5.97 Å². The molecule has 0 bridgehead atoms. The molecular formula is C24H29N3O4. The third-order valence-corrected chi connectivity index (χ3v) is 5.27. The van der Waals surface area contributed by atoms with Crippen molar-refractivity contribution in [1.29, 1.82) is 0 Å². The molecule has 2 amide bonds. The molecule has 164 valence electrons. The number of carbonyl (C=O) groups excluding carboxylic acids is 3. The predicted molar refractivity (Wildman–Crippen MR) is 117 cm³/mol. The standard InChI is InChI=1S/C24H29N3O4/c1-18-4-3-5-21(14-18)16-26-10-12-27(13-11-26)23(29)17-31-24(30)22-8-6-20(7-9-22)15-25-19(2)28/h3-9,14H,10-13,15-17H2,1-2H3,(H,25,28). The van der Waals surface area contributed by atoms with Gasteiger partial charge in [-0.15, -0.1) is 0 Å². The van der Waals surface area contributed by atoms with Gasteiger partial charge in [-0.3, -0.25) is 14.5 Å². The van der Waals surface area contributed by atoms with Crippen molar-refractivity contribution in [2.24, 2.45) is 0 Å². The Bertz CT molecular complexity index is 919. The first-order valence-corrected chi connectivity index (χ1v) is 10.5.